The third-order valence-corrected chi connectivity index (χ3v) is 7.73. The van der Waals surface area contributed by atoms with E-state index in [1.807, 2.05) is 30.3 Å². The van der Waals surface area contributed by atoms with E-state index in [0.717, 1.165) is 23.7 Å². The molecule has 1 saturated heterocycles. The minimum absolute atomic E-state index is 0.0348. The third-order valence-electron chi connectivity index (χ3n) is 4.45. The van der Waals surface area contributed by atoms with Crippen molar-refractivity contribution in [3.8, 4) is 0 Å². The third kappa shape index (κ3) is 2.80. The quantitative estimate of drug-likeness (QED) is 0.811. The van der Waals surface area contributed by atoms with Crippen molar-refractivity contribution in [2.75, 3.05) is 0 Å². The van der Waals surface area contributed by atoms with E-state index in [1.54, 1.807) is 0 Å². The van der Waals surface area contributed by atoms with Gasteiger partial charge in [-0.3, -0.25) is 4.79 Å². The number of aromatic amines is 1. The van der Waals surface area contributed by atoms with Crippen LogP contribution in [-0.4, -0.2) is 25.0 Å². The molecular formula is C16H22N2OSi. The van der Waals surface area contributed by atoms with E-state index in [0.29, 0.717) is 11.7 Å². The van der Waals surface area contributed by atoms with Gasteiger partial charge in [-0.25, -0.2) is 0 Å². The largest absolute Gasteiger partial charge is 0.351 e. The van der Waals surface area contributed by atoms with Gasteiger partial charge < -0.3 is 10.3 Å². The van der Waals surface area contributed by atoms with Crippen molar-refractivity contribution in [1.29, 1.82) is 0 Å². The lowest BCUT2D eigenvalue weighted by molar-refractivity contribution is 0.0929. The Morgan fingerprint density at radius 1 is 1.25 bits per heavy atom. The van der Waals surface area contributed by atoms with Crippen molar-refractivity contribution in [3.63, 3.8) is 0 Å². The van der Waals surface area contributed by atoms with Crippen LogP contribution in [0.3, 0.4) is 0 Å². The number of rotatable bonds is 2. The fourth-order valence-corrected chi connectivity index (χ4v) is 5.51. The van der Waals surface area contributed by atoms with Gasteiger partial charge in [0.2, 0.25) is 0 Å². The smallest absolute Gasteiger partial charge is 0.267 e. The van der Waals surface area contributed by atoms with Gasteiger partial charge in [0, 0.05) is 25.0 Å². The van der Waals surface area contributed by atoms with Gasteiger partial charge in [-0.2, -0.15) is 0 Å². The lowest BCUT2D eigenvalue weighted by Crippen LogP contribution is -2.42. The van der Waals surface area contributed by atoms with E-state index >= 15 is 0 Å². The van der Waals surface area contributed by atoms with Crippen LogP contribution < -0.4 is 5.32 Å². The first-order valence-corrected chi connectivity index (χ1v) is 10.8. The summed E-state index contributed by atoms with van der Waals surface area (Å²) in [6, 6.07) is 12.9. The number of hydrogen-bond acceptors (Lipinski definition) is 1. The van der Waals surface area contributed by atoms with Crippen molar-refractivity contribution in [2.24, 2.45) is 0 Å². The summed E-state index contributed by atoms with van der Waals surface area (Å²) in [6.45, 7) is 4.89. The summed E-state index contributed by atoms with van der Waals surface area (Å²) in [5, 5.41) is 4.28. The molecule has 2 N–H and O–H groups in total. The maximum Gasteiger partial charge on any atom is 0.267 e. The minimum atomic E-state index is -0.948. The molecule has 1 aromatic heterocycles. The molecule has 0 radical (unpaired) electrons. The van der Waals surface area contributed by atoms with Gasteiger partial charge in [0.15, 0.2) is 0 Å². The summed E-state index contributed by atoms with van der Waals surface area (Å²) < 4.78 is 0. The van der Waals surface area contributed by atoms with E-state index in [2.05, 4.69) is 23.4 Å². The first kappa shape index (κ1) is 13.4. The van der Waals surface area contributed by atoms with Crippen molar-refractivity contribution in [2.45, 2.75) is 44.1 Å². The van der Waals surface area contributed by atoms with Gasteiger partial charge in [-0.1, -0.05) is 43.4 Å². The van der Waals surface area contributed by atoms with E-state index in [9.17, 15) is 4.79 Å². The molecule has 2 heterocycles. The van der Waals surface area contributed by atoms with E-state index < -0.39 is 8.07 Å². The zero-order chi connectivity index (χ0) is 14.2. The lowest BCUT2D eigenvalue weighted by atomic mass is 10.1. The minimum Gasteiger partial charge on any atom is -0.351 e. The number of nitrogens with one attached hydrogen (secondary N) is 2. The molecule has 106 valence electrons. The molecule has 1 amide bonds. The second kappa shape index (κ2) is 5.09. The maximum absolute atomic E-state index is 12.3. The zero-order valence-electron chi connectivity index (χ0n) is 12.2. The molecule has 0 atom stereocenters. The number of carbonyl (C=O) groups is 1. The molecule has 0 bridgehead atoms. The number of hydrogen-bond donors (Lipinski definition) is 2. The van der Waals surface area contributed by atoms with E-state index in [-0.39, 0.29) is 5.91 Å². The number of para-hydroxylation sites is 1. The maximum atomic E-state index is 12.3. The first-order valence-electron chi connectivity index (χ1n) is 7.42. The van der Waals surface area contributed by atoms with E-state index in [1.165, 1.54) is 12.1 Å². The average molecular weight is 286 g/mol. The van der Waals surface area contributed by atoms with Crippen LogP contribution in [0.5, 0.6) is 0 Å². The molecule has 4 heteroatoms. The number of H-pyrrole nitrogens is 1. The number of amides is 1. The van der Waals surface area contributed by atoms with Crippen LogP contribution in [0.2, 0.25) is 25.2 Å². The van der Waals surface area contributed by atoms with Crippen LogP contribution >= 0.6 is 0 Å². The molecule has 0 unspecified atom stereocenters. The molecule has 0 aliphatic carbocycles. The van der Waals surface area contributed by atoms with Crippen LogP contribution in [0.25, 0.3) is 10.9 Å². The summed E-state index contributed by atoms with van der Waals surface area (Å²) in [5.74, 6) is 0.0348. The summed E-state index contributed by atoms with van der Waals surface area (Å²) in [5.41, 5.74) is 1.70. The van der Waals surface area contributed by atoms with Crippen molar-refractivity contribution in [1.82, 2.24) is 10.3 Å². The molecule has 20 heavy (non-hydrogen) atoms. The highest BCUT2D eigenvalue weighted by atomic mass is 28.3. The van der Waals surface area contributed by atoms with Crippen molar-refractivity contribution >= 4 is 24.9 Å². The molecule has 0 spiro atoms. The SMILES string of the molecule is C[Si]1(C)CCC(NC(=O)c2cc3ccccc3[nH]2)CC1. The molecule has 3 rings (SSSR count). The summed E-state index contributed by atoms with van der Waals surface area (Å²) in [4.78, 5) is 15.5. The molecular weight excluding hydrogens is 264 g/mol. The van der Waals surface area contributed by atoms with Gasteiger partial charge in [0.05, 0.1) is 0 Å². The molecule has 0 saturated carbocycles. The van der Waals surface area contributed by atoms with Crippen molar-refractivity contribution < 1.29 is 4.79 Å². The Bertz CT molecular complexity index is 589. The predicted octanol–water partition coefficient (Wildman–Crippen LogP) is 3.77. The van der Waals surface area contributed by atoms with E-state index in [4.69, 9.17) is 0 Å². The fraction of sp³-hybridized carbons (Fsp3) is 0.438. The Morgan fingerprint density at radius 3 is 2.65 bits per heavy atom. The normalized spacial score (nSPS) is 19.1. The predicted molar refractivity (Wildman–Crippen MR) is 85.9 cm³/mol. The lowest BCUT2D eigenvalue weighted by Gasteiger charge is -2.33. The standard InChI is InChI=1S/C16H22N2OSi/c1-20(2)9-7-13(8-10-20)17-16(19)15-11-12-5-3-4-6-14(12)18-15/h3-6,11,13,18H,7-10H2,1-2H3,(H,17,19). The van der Waals surface area contributed by atoms with Crippen LogP contribution in [-0.2, 0) is 0 Å². The van der Waals surface area contributed by atoms with Gasteiger partial charge in [0.25, 0.3) is 5.91 Å². The second-order valence-electron chi connectivity index (χ2n) is 6.68. The Morgan fingerprint density at radius 2 is 1.95 bits per heavy atom. The second-order valence-corrected chi connectivity index (χ2v) is 12.0. The molecule has 1 fully saturated rings. The van der Waals surface area contributed by atoms with Gasteiger partial charge in [-0.05, 0) is 25.0 Å². The number of carbonyl (C=O) groups excluding carboxylic acids is 1. The Hall–Kier alpha value is -1.55. The highest BCUT2D eigenvalue weighted by Gasteiger charge is 2.29. The molecule has 1 aliphatic heterocycles. The highest BCUT2D eigenvalue weighted by molar-refractivity contribution is 6.77. The average Bonchev–Trinajstić information content (AvgIpc) is 2.85. The Balaban J connectivity index is 1.67. The van der Waals surface area contributed by atoms with Crippen LogP contribution in [0.4, 0.5) is 0 Å². The first-order chi connectivity index (χ1) is 9.53. The summed E-state index contributed by atoms with van der Waals surface area (Å²) in [7, 11) is -0.948. The number of fused-ring (bicyclic) bond motifs is 1. The topological polar surface area (TPSA) is 44.9 Å². The zero-order valence-corrected chi connectivity index (χ0v) is 13.2. The fourth-order valence-electron chi connectivity index (χ4n) is 3.00. The summed E-state index contributed by atoms with van der Waals surface area (Å²) in [6.07, 6.45) is 2.29. The summed E-state index contributed by atoms with van der Waals surface area (Å²) >= 11 is 0. The number of aromatic nitrogens is 1. The van der Waals surface area contributed by atoms with Gasteiger partial charge in [-0.15, -0.1) is 0 Å². The van der Waals surface area contributed by atoms with Crippen LogP contribution in [0.1, 0.15) is 23.3 Å². The van der Waals surface area contributed by atoms with Gasteiger partial charge >= 0.3 is 0 Å². The number of benzene rings is 1. The Labute approximate surface area is 120 Å². The van der Waals surface area contributed by atoms with Crippen molar-refractivity contribution in [3.05, 3.63) is 36.0 Å². The van der Waals surface area contributed by atoms with Gasteiger partial charge in [0.1, 0.15) is 5.69 Å². The molecule has 1 aliphatic rings. The molecule has 1 aromatic carbocycles. The molecule has 2 aromatic rings. The molecule has 3 nitrogen and oxygen atoms in total. The Kier molecular flexibility index (Phi) is 3.42. The monoisotopic (exact) mass is 286 g/mol. The highest BCUT2D eigenvalue weighted by Crippen LogP contribution is 2.28. The van der Waals surface area contributed by atoms with Crippen LogP contribution in [0.15, 0.2) is 30.3 Å². The van der Waals surface area contributed by atoms with Crippen LogP contribution in [0, 0.1) is 0 Å².